The van der Waals surface area contributed by atoms with E-state index in [-0.39, 0.29) is 4.90 Å². The number of sulfonamides is 1. The second kappa shape index (κ2) is 5.76. The van der Waals surface area contributed by atoms with E-state index in [9.17, 15) is 8.42 Å². The summed E-state index contributed by atoms with van der Waals surface area (Å²) in [6.07, 6.45) is 0. The summed E-state index contributed by atoms with van der Waals surface area (Å²) in [5.74, 6) is 0. The van der Waals surface area contributed by atoms with Crippen LogP contribution in [0.15, 0.2) is 45.8 Å². The zero-order chi connectivity index (χ0) is 15.6. The molecule has 0 heterocycles. The molecule has 0 fully saturated rings. The summed E-state index contributed by atoms with van der Waals surface area (Å²) in [7, 11) is -3.74. The lowest BCUT2D eigenvalue weighted by atomic mass is 10.2. The van der Waals surface area contributed by atoms with E-state index in [0.717, 1.165) is 5.56 Å². The summed E-state index contributed by atoms with van der Waals surface area (Å²) < 4.78 is 27.6. The molecule has 2 rings (SSSR count). The lowest BCUT2D eigenvalue weighted by Crippen LogP contribution is -2.13. The van der Waals surface area contributed by atoms with Crippen molar-refractivity contribution in [1.29, 1.82) is 5.26 Å². The van der Waals surface area contributed by atoms with E-state index < -0.39 is 10.0 Å². The number of rotatable bonds is 3. The molecule has 0 bridgehead atoms. The number of benzene rings is 2. The lowest BCUT2D eigenvalue weighted by Gasteiger charge is -2.11. The molecule has 0 saturated carbocycles. The maximum atomic E-state index is 12.3. The number of hydrogen-bond acceptors (Lipinski definition) is 4. The van der Waals surface area contributed by atoms with E-state index in [2.05, 4.69) is 20.7 Å². The lowest BCUT2D eigenvalue weighted by molar-refractivity contribution is 0.601. The van der Waals surface area contributed by atoms with Crippen LogP contribution in [0.2, 0.25) is 0 Å². The molecule has 0 amide bonds. The van der Waals surface area contributed by atoms with Crippen LogP contribution in [-0.4, -0.2) is 8.42 Å². The molecule has 2 aromatic carbocycles. The van der Waals surface area contributed by atoms with E-state index in [0.29, 0.717) is 21.4 Å². The van der Waals surface area contributed by atoms with Crippen LogP contribution in [0.25, 0.3) is 0 Å². The van der Waals surface area contributed by atoms with E-state index in [1.54, 1.807) is 19.1 Å². The fourth-order valence-electron chi connectivity index (χ4n) is 1.66. The third kappa shape index (κ3) is 3.35. The van der Waals surface area contributed by atoms with Crippen LogP contribution >= 0.6 is 15.9 Å². The van der Waals surface area contributed by atoms with Crippen molar-refractivity contribution in [3.05, 3.63) is 52.0 Å². The van der Waals surface area contributed by atoms with Gasteiger partial charge >= 0.3 is 0 Å². The fraction of sp³-hybridized carbons (Fsp3) is 0.0714. The minimum Gasteiger partial charge on any atom is -0.398 e. The first-order chi connectivity index (χ1) is 9.83. The number of nitrogen functional groups attached to an aromatic ring is 1. The Morgan fingerprint density at radius 1 is 1.24 bits per heavy atom. The minimum atomic E-state index is -3.74. The van der Waals surface area contributed by atoms with Gasteiger partial charge in [0.2, 0.25) is 0 Å². The van der Waals surface area contributed by atoms with Crippen molar-refractivity contribution < 1.29 is 8.42 Å². The van der Waals surface area contributed by atoms with Gasteiger partial charge in [-0.25, -0.2) is 8.42 Å². The highest BCUT2D eigenvalue weighted by Gasteiger charge is 2.16. The van der Waals surface area contributed by atoms with Gasteiger partial charge in [-0.15, -0.1) is 0 Å². The average Bonchev–Trinajstić information content (AvgIpc) is 2.43. The second-order valence-electron chi connectivity index (χ2n) is 4.43. The van der Waals surface area contributed by atoms with Crippen LogP contribution in [0.4, 0.5) is 11.4 Å². The molecule has 108 valence electrons. The summed E-state index contributed by atoms with van der Waals surface area (Å²) in [6, 6.07) is 11.1. The minimum absolute atomic E-state index is 0.0851. The fourth-order valence-corrected chi connectivity index (χ4v) is 3.38. The largest absolute Gasteiger partial charge is 0.398 e. The van der Waals surface area contributed by atoms with Gasteiger partial charge < -0.3 is 5.73 Å². The number of nitrogens with zero attached hydrogens (tertiary/aromatic N) is 1. The maximum absolute atomic E-state index is 12.3. The first kappa shape index (κ1) is 15.4. The van der Waals surface area contributed by atoms with Crippen molar-refractivity contribution >= 4 is 37.3 Å². The summed E-state index contributed by atoms with van der Waals surface area (Å²) in [5, 5.41) is 8.80. The number of aryl methyl sites for hydroxylation is 1. The Balaban J connectivity index is 2.37. The zero-order valence-electron chi connectivity index (χ0n) is 11.1. The Labute approximate surface area is 131 Å². The van der Waals surface area contributed by atoms with Gasteiger partial charge in [0.05, 0.1) is 22.2 Å². The molecule has 3 N–H and O–H groups in total. The number of hydrogen-bond donors (Lipinski definition) is 2. The quantitative estimate of drug-likeness (QED) is 0.817. The van der Waals surface area contributed by atoms with Crippen LogP contribution in [0, 0.1) is 18.3 Å². The maximum Gasteiger partial charge on any atom is 0.262 e. The first-order valence-corrected chi connectivity index (χ1v) is 8.20. The Kier molecular flexibility index (Phi) is 4.21. The molecule has 7 heteroatoms. The average molecular weight is 366 g/mol. The third-order valence-electron chi connectivity index (χ3n) is 2.90. The molecule has 0 radical (unpaired) electrons. The van der Waals surface area contributed by atoms with Crippen molar-refractivity contribution in [2.45, 2.75) is 11.8 Å². The summed E-state index contributed by atoms with van der Waals surface area (Å²) in [5.41, 5.74) is 7.76. The third-order valence-corrected chi connectivity index (χ3v) is 4.92. The normalized spacial score (nSPS) is 10.9. The van der Waals surface area contributed by atoms with Gasteiger partial charge in [-0.1, -0.05) is 6.07 Å². The standard InChI is InChI=1S/C14H12BrN3O2S/c1-9-2-4-11(7-13(9)17)21(19,20)18-14-5-3-10(8-16)6-12(14)15/h2-7,18H,17H2,1H3. The molecule has 0 saturated heterocycles. The zero-order valence-corrected chi connectivity index (χ0v) is 13.5. The summed E-state index contributed by atoms with van der Waals surface area (Å²) >= 11 is 3.24. The molecular weight excluding hydrogens is 354 g/mol. The van der Waals surface area contributed by atoms with Gasteiger partial charge in [0, 0.05) is 10.2 Å². The number of anilines is 2. The Bertz CT molecular complexity index is 842. The van der Waals surface area contributed by atoms with Gasteiger partial charge in [-0.3, -0.25) is 4.72 Å². The van der Waals surface area contributed by atoms with Gasteiger partial charge in [0.15, 0.2) is 0 Å². The summed E-state index contributed by atoms with van der Waals surface area (Å²) in [4.78, 5) is 0.0851. The van der Waals surface area contributed by atoms with Crippen LogP contribution in [-0.2, 0) is 10.0 Å². The molecule has 0 aliphatic carbocycles. The van der Waals surface area contributed by atoms with Crippen molar-refractivity contribution in [3.8, 4) is 6.07 Å². The van der Waals surface area contributed by atoms with E-state index >= 15 is 0 Å². The van der Waals surface area contributed by atoms with Crippen LogP contribution in [0.5, 0.6) is 0 Å². The molecule has 0 unspecified atom stereocenters. The molecular formula is C14H12BrN3O2S. The van der Waals surface area contributed by atoms with Gasteiger partial charge in [0.1, 0.15) is 0 Å². The predicted molar refractivity (Wildman–Crippen MR) is 85.3 cm³/mol. The van der Waals surface area contributed by atoms with E-state index in [1.807, 2.05) is 6.07 Å². The summed E-state index contributed by atoms with van der Waals surface area (Å²) in [6.45, 7) is 1.80. The first-order valence-electron chi connectivity index (χ1n) is 5.92. The van der Waals surface area contributed by atoms with Crippen LogP contribution in [0.1, 0.15) is 11.1 Å². The monoisotopic (exact) mass is 365 g/mol. The van der Waals surface area contributed by atoms with Crippen LogP contribution < -0.4 is 10.5 Å². The highest BCUT2D eigenvalue weighted by Crippen LogP contribution is 2.27. The second-order valence-corrected chi connectivity index (χ2v) is 6.97. The molecule has 0 aromatic heterocycles. The Morgan fingerprint density at radius 3 is 2.52 bits per heavy atom. The topological polar surface area (TPSA) is 96.0 Å². The number of nitrogens with two attached hydrogens (primary N) is 1. The molecule has 5 nitrogen and oxygen atoms in total. The van der Waals surface area contributed by atoms with Crippen molar-refractivity contribution in [2.24, 2.45) is 0 Å². The van der Waals surface area contributed by atoms with Gasteiger partial charge in [-0.05, 0) is 58.7 Å². The van der Waals surface area contributed by atoms with Crippen molar-refractivity contribution in [2.75, 3.05) is 10.5 Å². The van der Waals surface area contributed by atoms with Crippen LogP contribution in [0.3, 0.4) is 0 Å². The SMILES string of the molecule is Cc1ccc(S(=O)(=O)Nc2ccc(C#N)cc2Br)cc1N. The number of halogens is 1. The molecule has 2 aromatic rings. The van der Waals surface area contributed by atoms with E-state index in [1.165, 1.54) is 24.3 Å². The smallest absolute Gasteiger partial charge is 0.262 e. The van der Waals surface area contributed by atoms with Gasteiger partial charge in [0.25, 0.3) is 10.0 Å². The van der Waals surface area contributed by atoms with Crippen molar-refractivity contribution in [1.82, 2.24) is 0 Å². The molecule has 0 aliphatic heterocycles. The predicted octanol–water partition coefficient (Wildman–Crippen LogP) is 3.01. The highest BCUT2D eigenvalue weighted by molar-refractivity contribution is 9.10. The van der Waals surface area contributed by atoms with E-state index in [4.69, 9.17) is 11.0 Å². The highest BCUT2D eigenvalue weighted by atomic mass is 79.9. The number of nitrogens with one attached hydrogen (secondary N) is 1. The van der Waals surface area contributed by atoms with Gasteiger partial charge in [-0.2, -0.15) is 5.26 Å². The molecule has 0 aliphatic rings. The number of nitriles is 1. The molecule has 21 heavy (non-hydrogen) atoms. The van der Waals surface area contributed by atoms with Crippen molar-refractivity contribution in [3.63, 3.8) is 0 Å². The molecule has 0 spiro atoms. The molecule has 0 atom stereocenters. The Morgan fingerprint density at radius 2 is 1.95 bits per heavy atom. The Hall–Kier alpha value is -2.04.